The summed E-state index contributed by atoms with van der Waals surface area (Å²) < 4.78 is 0. The number of aromatic nitrogens is 3. The average Bonchev–Trinajstić information content (AvgIpc) is 2.73. The van der Waals surface area contributed by atoms with Gasteiger partial charge in [-0.3, -0.25) is 5.10 Å². The zero-order valence-corrected chi connectivity index (χ0v) is 9.42. The molecule has 0 atom stereocenters. The van der Waals surface area contributed by atoms with Crippen LogP contribution in [0.4, 0.5) is 0 Å². The molecule has 0 saturated heterocycles. The fourth-order valence-corrected chi connectivity index (χ4v) is 2.06. The van der Waals surface area contributed by atoms with Gasteiger partial charge in [-0.05, 0) is 30.0 Å². The monoisotopic (exact) mass is 255 g/mol. The SMILES string of the molecule is O=C(O)c1ccc(Sc2ncn[nH]2)c(Cl)c1. The number of carboxylic acids is 1. The van der Waals surface area contributed by atoms with Crippen LogP contribution in [0.5, 0.6) is 0 Å². The summed E-state index contributed by atoms with van der Waals surface area (Å²) in [4.78, 5) is 15.3. The summed E-state index contributed by atoms with van der Waals surface area (Å²) >= 11 is 7.23. The molecule has 2 aromatic rings. The molecular weight excluding hydrogens is 250 g/mol. The van der Waals surface area contributed by atoms with Crippen molar-refractivity contribution in [2.75, 3.05) is 0 Å². The van der Waals surface area contributed by atoms with Crippen LogP contribution in [0.1, 0.15) is 10.4 Å². The highest BCUT2D eigenvalue weighted by Crippen LogP contribution is 2.31. The third kappa shape index (κ3) is 2.34. The van der Waals surface area contributed by atoms with E-state index in [9.17, 15) is 4.79 Å². The van der Waals surface area contributed by atoms with Gasteiger partial charge in [-0.15, -0.1) is 0 Å². The molecule has 2 rings (SSSR count). The number of hydrogen-bond acceptors (Lipinski definition) is 4. The number of nitrogens with one attached hydrogen (secondary N) is 1. The molecule has 0 aliphatic carbocycles. The summed E-state index contributed by atoms with van der Waals surface area (Å²) in [7, 11) is 0. The summed E-state index contributed by atoms with van der Waals surface area (Å²) in [6.45, 7) is 0. The normalized spacial score (nSPS) is 10.3. The van der Waals surface area contributed by atoms with E-state index in [1.54, 1.807) is 6.07 Å². The molecule has 0 bridgehead atoms. The van der Waals surface area contributed by atoms with Crippen LogP contribution in [-0.4, -0.2) is 26.3 Å². The number of carbonyl (C=O) groups is 1. The van der Waals surface area contributed by atoms with Crippen molar-refractivity contribution < 1.29 is 9.90 Å². The summed E-state index contributed by atoms with van der Waals surface area (Å²) in [6, 6.07) is 4.54. The van der Waals surface area contributed by atoms with E-state index in [2.05, 4.69) is 15.2 Å². The summed E-state index contributed by atoms with van der Waals surface area (Å²) in [5.41, 5.74) is 0.159. The van der Waals surface area contributed by atoms with Crippen molar-refractivity contribution in [3.63, 3.8) is 0 Å². The van der Waals surface area contributed by atoms with Crippen LogP contribution >= 0.6 is 23.4 Å². The van der Waals surface area contributed by atoms with Crippen molar-refractivity contribution in [3.05, 3.63) is 35.1 Å². The molecule has 7 heteroatoms. The standard InChI is InChI=1S/C9H6ClN3O2S/c10-6-3-5(8(14)15)1-2-7(6)16-9-11-4-12-13-9/h1-4H,(H,14,15)(H,11,12,13). The van der Waals surface area contributed by atoms with E-state index in [0.29, 0.717) is 10.2 Å². The van der Waals surface area contributed by atoms with Crippen LogP contribution in [0.2, 0.25) is 5.02 Å². The van der Waals surface area contributed by atoms with Gasteiger partial charge in [-0.25, -0.2) is 9.78 Å². The number of halogens is 1. The number of hydrogen-bond donors (Lipinski definition) is 2. The van der Waals surface area contributed by atoms with Gasteiger partial charge in [0.15, 0.2) is 5.16 Å². The van der Waals surface area contributed by atoms with Gasteiger partial charge in [0.05, 0.1) is 10.6 Å². The van der Waals surface area contributed by atoms with Gasteiger partial charge in [0, 0.05) is 4.90 Å². The number of aromatic carboxylic acids is 1. The van der Waals surface area contributed by atoms with E-state index in [1.807, 2.05) is 0 Å². The molecule has 0 radical (unpaired) electrons. The van der Waals surface area contributed by atoms with Crippen LogP contribution in [-0.2, 0) is 0 Å². The van der Waals surface area contributed by atoms with E-state index in [-0.39, 0.29) is 5.56 Å². The predicted octanol–water partition coefficient (Wildman–Crippen LogP) is 2.31. The predicted molar refractivity (Wildman–Crippen MR) is 58.9 cm³/mol. The lowest BCUT2D eigenvalue weighted by Crippen LogP contribution is -1.95. The van der Waals surface area contributed by atoms with Crippen molar-refractivity contribution in [1.82, 2.24) is 15.2 Å². The number of H-pyrrole nitrogens is 1. The molecule has 0 amide bonds. The summed E-state index contributed by atoms with van der Waals surface area (Å²) in [5.74, 6) is -1.00. The van der Waals surface area contributed by atoms with E-state index in [1.165, 1.54) is 30.2 Å². The number of aromatic amines is 1. The van der Waals surface area contributed by atoms with Crippen molar-refractivity contribution >= 4 is 29.3 Å². The smallest absolute Gasteiger partial charge is 0.335 e. The Labute approximate surface area is 99.9 Å². The fraction of sp³-hybridized carbons (Fsp3) is 0. The van der Waals surface area contributed by atoms with Crippen LogP contribution in [0.3, 0.4) is 0 Å². The molecule has 0 aliphatic heterocycles. The highest BCUT2D eigenvalue weighted by Gasteiger charge is 2.09. The van der Waals surface area contributed by atoms with Gasteiger partial charge in [-0.1, -0.05) is 11.6 Å². The number of benzene rings is 1. The lowest BCUT2D eigenvalue weighted by Gasteiger charge is -2.02. The molecule has 1 heterocycles. The Bertz CT molecular complexity index is 515. The van der Waals surface area contributed by atoms with Crippen molar-refractivity contribution in [3.8, 4) is 0 Å². The van der Waals surface area contributed by atoms with Gasteiger partial charge in [0.25, 0.3) is 0 Å². The second-order valence-electron chi connectivity index (χ2n) is 2.84. The lowest BCUT2D eigenvalue weighted by atomic mass is 10.2. The van der Waals surface area contributed by atoms with E-state index < -0.39 is 5.97 Å². The van der Waals surface area contributed by atoms with Gasteiger partial charge >= 0.3 is 5.97 Å². The largest absolute Gasteiger partial charge is 0.478 e. The maximum absolute atomic E-state index is 10.7. The Morgan fingerprint density at radius 3 is 2.88 bits per heavy atom. The molecule has 2 N–H and O–H groups in total. The molecule has 16 heavy (non-hydrogen) atoms. The summed E-state index contributed by atoms with van der Waals surface area (Å²) in [5, 5.41) is 16.1. The first-order valence-corrected chi connectivity index (χ1v) is 5.42. The fourth-order valence-electron chi connectivity index (χ4n) is 1.06. The quantitative estimate of drug-likeness (QED) is 0.880. The van der Waals surface area contributed by atoms with Crippen LogP contribution < -0.4 is 0 Å². The third-order valence-corrected chi connectivity index (χ3v) is 3.17. The minimum Gasteiger partial charge on any atom is -0.478 e. The Balaban J connectivity index is 2.26. The molecule has 5 nitrogen and oxygen atoms in total. The Morgan fingerprint density at radius 1 is 1.50 bits per heavy atom. The molecule has 1 aromatic heterocycles. The van der Waals surface area contributed by atoms with E-state index in [4.69, 9.17) is 16.7 Å². The van der Waals surface area contributed by atoms with Crippen LogP contribution in [0.25, 0.3) is 0 Å². The van der Waals surface area contributed by atoms with Gasteiger partial charge in [-0.2, -0.15) is 5.10 Å². The molecule has 82 valence electrons. The number of nitrogens with zero attached hydrogens (tertiary/aromatic N) is 2. The minimum atomic E-state index is -1.00. The average molecular weight is 256 g/mol. The molecule has 1 aromatic carbocycles. The Kier molecular flexibility index (Phi) is 3.12. The summed E-state index contributed by atoms with van der Waals surface area (Å²) in [6.07, 6.45) is 1.39. The van der Waals surface area contributed by atoms with Crippen molar-refractivity contribution in [2.45, 2.75) is 10.1 Å². The Morgan fingerprint density at radius 2 is 2.31 bits per heavy atom. The van der Waals surface area contributed by atoms with Crippen LogP contribution in [0, 0.1) is 0 Å². The van der Waals surface area contributed by atoms with Crippen molar-refractivity contribution in [1.29, 1.82) is 0 Å². The molecule has 0 unspecified atom stereocenters. The zero-order valence-electron chi connectivity index (χ0n) is 7.85. The first-order chi connectivity index (χ1) is 7.66. The first-order valence-electron chi connectivity index (χ1n) is 4.23. The molecule has 0 saturated carbocycles. The third-order valence-electron chi connectivity index (χ3n) is 1.78. The zero-order chi connectivity index (χ0) is 11.5. The maximum Gasteiger partial charge on any atom is 0.335 e. The molecule has 0 fully saturated rings. The Hall–Kier alpha value is -1.53. The molecular formula is C9H6ClN3O2S. The second-order valence-corrected chi connectivity index (χ2v) is 4.28. The van der Waals surface area contributed by atoms with Gasteiger partial charge in [0.1, 0.15) is 6.33 Å². The van der Waals surface area contributed by atoms with Crippen molar-refractivity contribution in [2.24, 2.45) is 0 Å². The second kappa shape index (κ2) is 4.54. The highest BCUT2D eigenvalue weighted by atomic mass is 35.5. The highest BCUT2D eigenvalue weighted by molar-refractivity contribution is 7.99. The van der Waals surface area contributed by atoms with E-state index >= 15 is 0 Å². The van der Waals surface area contributed by atoms with E-state index in [0.717, 1.165) is 4.90 Å². The number of rotatable bonds is 3. The van der Waals surface area contributed by atoms with Gasteiger partial charge < -0.3 is 5.11 Å². The molecule has 0 aliphatic rings. The maximum atomic E-state index is 10.7. The topological polar surface area (TPSA) is 78.9 Å². The number of carboxylic acid groups (broad SMARTS) is 1. The minimum absolute atomic E-state index is 0.159. The molecule has 0 spiro atoms. The van der Waals surface area contributed by atoms with Gasteiger partial charge in [0.2, 0.25) is 0 Å². The first kappa shape index (κ1) is 11.0. The lowest BCUT2D eigenvalue weighted by molar-refractivity contribution is 0.0697. The van der Waals surface area contributed by atoms with Crippen LogP contribution in [0.15, 0.2) is 34.6 Å².